The van der Waals surface area contributed by atoms with Gasteiger partial charge in [0.05, 0.1) is 10.2 Å². The molecular weight excluding hydrogens is 306 g/mol. The number of likely N-dealkylation sites (tertiary alicyclic amines) is 1. The summed E-state index contributed by atoms with van der Waals surface area (Å²) in [6, 6.07) is 2.04. The van der Waals surface area contributed by atoms with Crippen LogP contribution in [0.25, 0.3) is 10.2 Å². The van der Waals surface area contributed by atoms with Gasteiger partial charge in [0.15, 0.2) is 0 Å². The molecule has 1 aliphatic rings. The fraction of sp³-hybridized carbons (Fsp3) is 0.611. The van der Waals surface area contributed by atoms with Gasteiger partial charge in [-0.1, -0.05) is 6.42 Å². The average molecular weight is 334 g/mol. The van der Waals surface area contributed by atoms with Crippen LogP contribution in [0, 0.1) is 6.92 Å². The summed E-state index contributed by atoms with van der Waals surface area (Å²) in [5, 5.41) is 0. The van der Waals surface area contributed by atoms with Gasteiger partial charge in [-0.2, -0.15) is 0 Å². The summed E-state index contributed by atoms with van der Waals surface area (Å²) >= 11 is 1.80. The maximum absolute atomic E-state index is 12.5. The molecule has 23 heavy (non-hydrogen) atoms. The number of fused-ring (bicyclic) bond motifs is 1. The minimum Gasteiger partial charge on any atom is -0.350 e. The van der Waals surface area contributed by atoms with Crippen LogP contribution >= 0.6 is 11.3 Å². The molecule has 2 aromatic heterocycles. The van der Waals surface area contributed by atoms with E-state index in [0.29, 0.717) is 0 Å². The largest absolute Gasteiger partial charge is 0.350 e. The van der Waals surface area contributed by atoms with Gasteiger partial charge in [0, 0.05) is 30.1 Å². The number of carbonyl (C=O) groups excluding carboxylic acids is 1. The Morgan fingerprint density at radius 1 is 1.26 bits per heavy atom. The van der Waals surface area contributed by atoms with Crippen LogP contribution in [0.3, 0.4) is 0 Å². The van der Waals surface area contributed by atoms with Crippen LogP contribution in [-0.4, -0.2) is 46.9 Å². The Morgan fingerprint density at radius 2 is 1.96 bits per heavy atom. The zero-order chi connectivity index (χ0) is 16.4. The molecule has 1 N–H and O–H groups in total. The average Bonchev–Trinajstić information content (AvgIpc) is 3.09. The van der Waals surface area contributed by atoms with Crippen LogP contribution < -0.4 is 0 Å². The second-order valence-corrected chi connectivity index (χ2v) is 7.63. The van der Waals surface area contributed by atoms with E-state index in [2.05, 4.69) is 16.8 Å². The molecule has 1 amide bonds. The first-order valence-electron chi connectivity index (χ1n) is 8.76. The first-order chi connectivity index (χ1) is 11.1. The molecule has 4 nitrogen and oxygen atoms in total. The summed E-state index contributed by atoms with van der Waals surface area (Å²) in [5.74, 6) is 0.111. The van der Waals surface area contributed by atoms with Crippen LogP contribution in [0.15, 0.2) is 6.07 Å². The van der Waals surface area contributed by atoms with E-state index in [9.17, 15) is 4.79 Å². The topological polar surface area (TPSA) is 39.3 Å². The van der Waals surface area contributed by atoms with Crippen molar-refractivity contribution in [1.29, 1.82) is 0 Å². The van der Waals surface area contributed by atoms with Gasteiger partial charge in [0.25, 0.3) is 5.91 Å². The van der Waals surface area contributed by atoms with Crippen LogP contribution in [0.4, 0.5) is 0 Å². The van der Waals surface area contributed by atoms with Gasteiger partial charge >= 0.3 is 0 Å². The Bertz CT molecular complexity index is 678. The van der Waals surface area contributed by atoms with Crippen molar-refractivity contribution in [2.75, 3.05) is 26.2 Å². The third-order valence-electron chi connectivity index (χ3n) is 4.88. The summed E-state index contributed by atoms with van der Waals surface area (Å²) in [5.41, 5.74) is 3.29. The molecule has 0 radical (unpaired) electrons. The molecule has 0 bridgehead atoms. The molecule has 0 atom stereocenters. The summed E-state index contributed by atoms with van der Waals surface area (Å²) < 4.78 is 1.21. The zero-order valence-corrected chi connectivity index (χ0v) is 15.3. The fourth-order valence-electron chi connectivity index (χ4n) is 3.47. The highest BCUT2D eigenvalue weighted by Crippen LogP contribution is 2.33. The summed E-state index contributed by atoms with van der Waals surface area (Å²) in [4.78, 5) is 21.8. The summed E-state index contributed by atoms with van der Waals surface area (Å²) in [6.45, 7) is 11.2. The summed E-state index contributed by atoms with van der Waals surface area (Å²) in [6.07, 6.45) is 3.98. The Morgan fingerprint density at radius 3 is 2.61 bits per heavy atom. The number of carbonyl (C=O) groups is 1. The van der Waals surface area contributed by atoms with Gasteiger partial charge in [-0.25, -0.2) is 0 Å². The number of hydrogen-bond donors (Lipinski definition) is 1. The molecule has 3 rings (SSSR count). The summed E-state index contributed by atoms with van der Waals surface area (Å²) in [7, 11) is 0. The maximum Gasteiger partial charge on any atom is 0.270 e. The number of aryl methyl sites for hydroxylation is 1. The van der Waals surface area contributed by atoms with Crippen LogP contribution in [0.2, 0.25) is 0 Å². The van der Waals surface area contributed by atoms with Gasteiger partial charge in [-0.15, -0.1) is 11.3 Å². The lowest BCUT2D eigenvalue weighted by Crippen LogP contribution is -2.30. The molecule has 2 aromatic rings. The van der Waals surface area contributed by atoms with E-state index >= 15 is 0 Å². The third kappa shape index (κ3) is 3.31. The van der Waals surface area contributed by atoms with E-state index in [1.54, 1.807) is 11.3 Å². The van der Waals surface area contributed by atoms with E-state index in [1.807, 2.05) is 24.8 Å². The Hall–Kier alpha value is -1.33. The number of H-pyrrole nitrogens is 1. The monoisotopic (exact) mass is 333 g/mol. The predicted octanol–water partition coefficient (Wildman–Crippen LogP) is 4.01. The molecule has 0 aliphatic carbocycles. The molecule has 0 unspecified atom stereocenters. The second-order valence-electron chi connectivity index (χ2n) is 6.37. The molecule has 3 heterocycles. The van der Waals surface area contributed by atoms with Gasteiger partial charge < -0.3 is 9.88 Å². The first-order valence-corrected chi connectivity index (χ1v) is 9.58. The van der Waals surface area contributed by atoms with Crippen molar-refractivity contribution in [2.45, 2.75) is 46.6 Å². The number of thiophene rings is 1. The van der Waals surface area contributed by atoms with Crippen LogP contribution in [0.5, 0.6) is 0 Å². The fourth-order valence-corrected chi connectivity index (χ4v) is 4.54. The minimum absolute atomic E-state index is 0.111. The maximum atomic E-state index is 12.5. The number of hydrogen-bond acceptors (Lipinski definition) is 3. The predicted molar refractivity (Wildman–Crippen MR) is 97.3 cm³/mol. The molecule has 5 heteroatoms. The molecule has 1 aliphatic heterocycles. The van der Waals surface area contributed by atoms with Crippen molar-refractivity contribution in [1.82, 2.24) is 14.8 Å². The van der Waals surface area contributed by atoms with Crippen molar-refractivity contribution in [3.63, 3.8) is 0 Å². The van der Waals surface area contributed by atoms with Crippen molar-refractivity contribution >= 4 is 27.5 Å². The highest BCUT2D eigenvalue weighted by molar-refractivity contribution is 7.19. The van der Waals surface area contributed by atoms with Crippen molar-refractivity contribution in [3.05, 3.63) is 22.2 Å². The lowest BCUT2D eigenvalue weighted by atomic mass is 10.1. The third-order valence-corrected chi connectivity index (χ3v) is 5.98. The van der Waals surface area contributed by atoms with Gasteiger partial charge in [-0.05, 0) is 52.8 Å². The number of aromatic amines is 1. The molecule has 1 saturated heterocycles. The van der Waals surface area contributed by atoms with E-state index in [-0.39, 0.29) is 5.91 Å². The number of nitrogens with zero attached hydrogens (tertiary/aromatic N) is 2. The van der Waals surface area contributed by atoms with Crippen LogP contribution in [0.1, 0.15) is 54.0 Å². The number of aromatic nitrogens is 1. The molecule has 1 fully saturated rings. The van der Waals surface area contributed by atoms with Gasteiger partial charge in [0.2, 0.25) is 0 Å². The van der Waals surface area contributed by atoms with Gasteiger partial charge in [-0.3, -0.25) is 9.69 Å². The smallest absolute Gasteiger partial charge is 0.270 e. The van der Waals surface area contributed by atoms with Crippen molar-refractivity contribution in [3.8, 4) is 0 Å². The first kappa shape index (κ1) is 16.5. The number of amides is 1. The normalized spacial score (nSPS) is 16.1. The molecular formula is C18H27N3OS. The Balaban J connectivity index is 1.87. The minimum atomic E-state index is 0.111. The lowest BCUT2D eigenvalue weighted by molar-refractivity contribution is 0.0768. The number of piperidine rings is 1. The Kier molecular flexibility index (Phi) is 5.07. The molecule has 126 valence electrons. The van der Waals surface area contributed by atoms with Crippen molar-refractivity contribution < 1.29 is 4.79 Å². The van der Waals surface area contributed by atoms with E-state index in [1.165, 1.54) is 53.0 Å². The van der Waals surface area contributed by atoms with Crippen molar-refractivity contribution in [2.24, 2.45) is 0 Å². The highest BCUT2D eigenvalue weighted by Gasteiger charge is 2.20. The standard InChI is InChI=1S/C18H27N3OS/c1-4-21(5-2)18(22)15-11-16-17(19-15)14(13(3)23-16)12-20-9-7-6-8-10-20/h11,19H,4-10,12H2,1-3H3. The SMILES string of the molecule is CCN(CC)C(=O)c1cc2sc(C)c(CN3CCCCC3)c2[nH]1. The van der Waals surface area contributed by atoms with E-state index in [0.717, 1.165) is 25.3 Å². The number of rotatable bonds is 5. The molecule has 0 spiro atoms. The molecule has 0 saturated carbocycles. The Labute approximate surface area is 142 Å². The van der Waals surface area contributed by atoms with E-state index < -0.39 is 0 Å². The second kappa shape index (κ2) is 7.05. The zero-order valence-electron chi connectivity index (χ0n) is 14.4. The van der Waals surface area contributed by atoms with Crippen LogP contribution in [-0.2, 0) is 6.54 Å². The highest BCUT2D eigenvalue weighted by atomic mass is 32.1. The van der Waals surface area contributed by atoms with Gasteiger partial charge in [0.1, 0.15) is 5.69 Å². The lowest BCUT2D eigenvalue weighted by Gasteiger charge is -2.26. The van der Waals surface area contributed by atoms with E-state index in [4.69, 9.17) is 0 Å². The quantitative estimate of drug-likeness (QED) is 0.898. The number of nitrogens with one attached hydrogen (secondary N) is 1. The molecule has 0 aromatic carbocycles.